The maximum atomic E-state index is 12.5. The molecule has 2 aromatic carbocycles. The Morgan fingerprint density at radius 1 is 1.25 bits per heavy atom. The van der Waals surface area contributed by atoms with Gasteiger partial charge in [0.1, 0.15) is 6.61 Å². The van der Waals surface area contributed by atoms with Crippen LogP contribution in [0.15, 0.2) is 53.9 Å². The lowest BCUT2D eigenvalue weighted by Crippen LogP contribution is -2.38. The summed E-state index contributed by atoms with van der Waals surface area (Å²) in [5.41, 5.74) is 3.11. The molecular formula is C22H22N2O3S. The number of para-hydroxylation sites is 1. The molecule has 1 atom stereocenters. The second-order valence-electron chi connectivity index (χ2n) is 6.69. The van der Waals surface area contributed by atoms with Gasteiger partial charge in [-0.1, -0.05) is 42.5 Å². The third-order valence-corrected chi connectivity index (χ3v) is 5.71. The molecule has 3 aromatic rings. The van der Waals surface area contributed by atoms with Crippen molar-refractivity contribution in [3.05, 3.63) is 64.5 Å². The lowest BCUT2D eigenvalue weighted by atomic mass is 9.95. The molecule has 1 unspecified atom stereocenters. The molecule has 2 heterocycles. The van der Waals surface area contributed by atoms with Crippen LogP contribution in [0, 0.1) is 5.92 Å². The van der Waals surface area contributed by atoms with Gasteiger partial charge < -0.3 is 14.8 Å². The fourth-order valence-corrected chi connectivity index (χ4v) is 4.13. The van der Waals surface area contributed by atoms with Crippen LogP contribution in [-0.4, -0.2) is 31.2 Å². The molecule has 1 amide bonds. The number of hydrogen-bond acceptors (Lipinski definition) is 5. The number of nitrogens with zero attached hydrogens (tertiary/aromatic N) is 1. The van der Waals surface area contributed by atoms with E-state index in [0.717, 1.165) is 34.0 Å². The maximum Gasteiger partial charge on any atom is 0.226 e. The van der Waals surface area contributed by atoms with Gasteiger partial charge in [-0.2, -0.15) is 0 Å². The standard InChI is InChI=1S/C22H22N2O3S/c1-26-19-9-5-8-16-12-17(13-27-21(16)19)22(25)23-11-10-20-24-18(14-28-20)15-6-3-2-4-7-15/h2-9,14,17H,10-13H2,1H3,(H,23,25). The second kappa shape index (κ2) is 8.44. The van der Waals surface area contributed by atoms with Gasteiger partial charge in [0.2, 0.25) is 5.91 Å². The van der Waals surface area contributed by atoms with E-state index < -0.39 is 0 Å². The van der Waals surface area contributed by atoms with E-state index in [2.05, 4.69) is 27.8 Å². The number of methoxy groups -OCH3 is 1. The Kier molecular flexibility index (Phi) is 5.58. The molecule has 1 N–H and O–H groups in total. The number of fused-ring (bicyclic) bond motifs is 1. The van der Waals surface area contributed by atoms with Crippen molar-refractivity contribution in [2.24, 2.45) is 5.92 Å². The number of benzene rings is 2. The molecule has 0 bridgehead atoms. The number of carbonyl (C=O) groups excluding carboxylic acids is 1. The van der Waals surface area contributed by atoms with Gasteiger partial charge in [-0.05, 0) is 18.1 Å². The number of nitrogens with one attached hydrogen (secondary N) is 1. The molecule has 0 fully saturated rings. The van der Waals surface area contributed by atoms with Crippen molar-refractivity contribution < 1.29 is 14.3 Å². The number of amides is 1. The average Bonchev–Trinajstić information content (AvgIpc) is 3.22. The van der Waals surface area contributed by atoms with Gasteiger partial charge in [0.25, 0.3) is 0 Å². The molecule has 0 spiro atoms. The van der Waals surface area contributed by atoms with E-state index in [0.29, 0.717) is 25.3 Å². The molecule has 0 saturated carbocycles. The zero-order valence-corrected chi connectivity index (χ0v) is 16.5. The van der Waals surface area contributed by atoms with Crippen LogP contribution < -0.4 is 14.8 Å². The highest BCUT2D eigenvalue weighted by Gasteiger charge is 2.27. The highest BCUT2D eigenvalue weighted by Crippen LogP contribution is 2.36. The first-order valence-electron chi connectivity index (χ1n) is 9.31. The Bertz CT molecular complexity index is 955. The fourth-order valence-electron chi connectivity index (χ4n) is 3.33. The predicted molar refractivity (Wildman–Crippen MR) is 110 cm³/mol. The molecule has 28 heavy (non-hydrogen) atoms. The predicted octanol–water partition coefficient (Wildman–Crippen LogP) is 3.73. The summed E-state index contributed by atoms with van der Waals surface area (Å²) in [6.45, 7) is 0.941. The van der Waals surface area contributed by atoms with E-state index in [4.69, 9.17) is 9.47 Å². The van der Waals surface area contributed by atoms with Crippen LogP contribution in [0.3, 0.4) is 0 Å². The summed E-state index contributed by atoms with van der Waals surface area (Å²) in [4.78, 5) is 17.2. The third kappa shape index (κ3) is 4.02. The summed E-state index contributed by atoms with van der Waals surface area (Å²) >= 11 is 1.63. The quantitative estimate of drug-likeness (QED) is 0.692. The Morgan fingerprint density at radius 3 is 2.93 bits per heavy atom. The van der Waals surface area contributed by atoms with Crippen LogP contribution in [0.25, 0.3) is 11.3 Å². The summed E-state index contributed by atoms with van der Waals surface area (Å²) < 4.78 is 11.1. The largest absolute Gasteiger partial charge is 0.493 e. The summed E-state index contributed by atoms with van der Waals surface area (Å²) in [6.07, 6.45) is 1.38. The van der Waals surface area contributed by atoms with Crippen molar-refractivity contribution in [3.8, 4) is 22.8 Å². The van der Waals surface area contributed by atoms with Crippen molar-refractivity contribution in [1.29, 1.82) is 0 Å². The average molecular weight is 394 g/mol. The summed E-state index contributed by atoms with van der Waals surface area (Å²) in [7, 11) is 1.62. The highest BCUT2D eigenvalue weighted by molar-refractivity contribution is 7.09. The second-order valence-corrected chi connectivity index (χ2v) is 7.64. The van der Waals surface area contributed by atoms with Gasteiger partial charge >= 0.3 is 0 Å². The molecule has 1 aliphatic rings. The molecule has 4 rings (SSSR count). The number of rotatable bonds is 6. The molecular weight excluding hydrogens is 372 g/mol. The monoisotopic (exact) mass is 394 g/mol. The lowest BCUT2D eigenvalue weighted by molar-refractivity contribution is -0.126. The zero-order chi connectivity index (χ0) is 19.3. The van der Waals surface area contributed by atoms with Crippen LogP contribution >= 0.6 is 11.3 Å². The van der Waals surface area contributed by atoms with E-state index in [9.17, 15) is 4.79 Å². The first-order valence-corrected chi connectivity index (χ1v) is 10.2. The van der Waals surface area contributed by atoms with Crippen molar-refractivity contribution in [2.45, 2.75) is 12.8 Å². The molecule has 0 aliphatic carbocycles. The Labute approximate surface area is 168 Å². The zero-order valence-electron chi connectivity index (χ0n) is 15.7. The van der Waals surface area contributed by atoms with Crippen LogP contribution in [-0.2, 0) is 17.6 Å². The summed E-state index contributed by atoms with van der Waals surface area (Å²) in [5.74, 6) is 1.31. The third-order valence-electron chi connectivity index (χ3n) is 4.81. The van der Waals surface area contributed by atoms with Crippen molar-refractivity contribution >= 4 is 17.2 Å². The normalized spacial score (nSPS) is 15.4. The molecule has 6 heteroatoms. The first kappa shape index (κ1) is 18.5. The summed E-state index contributed by atoms with van der Waals surface area (Å²) in [5, 5.41) is 6.11. The van der Waals surface area contributed by atoms with E-state index in [1.54, 1.807) is 18.4 Å². The molecule has 0 saturated heterocycles. The minimum atomic E-state index is -0.184. The fraction of sp³-hybridized carbons (Fsp3) is 0.273. The topological polar surface area (TPSA) is 60.5 Å². The minimum absolute atomic E-state index is 0.0216. The van der Waals surface area contributed by atoms with E-state index in [1.165, 1.54) is 0 Å². The summed E-state index contributed by atoms with van der Waals surface area (Å²) in [6, 6.07) is 15.9. The Hall–Kier alpha value is -2.86. The van der Waals surface area contributed by atoms with Crippen LogP contribution in [0.4, 0.5) is 0 Å². The molecule has 0 radical (unpaired) electrons. The highest BCUT2D eigenvalue weighted by atomic mass is 32.1. The smallest absolute Gasteiger partial charge is 0.226 e. The maximum absolute atomic E-state index is 12.5. The molecule has 144 valence electrons. The van der Waals surface area contributed by atoms with Gasteiger partial charge in [0.15, 0.2) is 11.5 Å². The van der Waals surface area contributed by atoms with E-state index >= 15 is 0 Å². The van der Waals surface area contributed by atoms with E-state index in [-0.39, 0.29) is 11.8 Å². The number of thiazole rings is 1. The number of aromatic nitrogens is 1. The Morgan fingerprint density at radius 2 is 2.11 bits per heavy atom. The van der Waals surface area contributed by atoms with Gasteiger partial charge in [-0.25, -0.2) is 4.98 Å². The SMILES string of the molecule is COc1cccc2c1OCC(C(=O)NCCc1nc(-c3ccccc3)cs1)C2. The molecule has 5 nitrogen and oxygen atoms in total. The van der Waals surface area contributed by atoms with Crippen molar-refractivity contribution in [1.82, 2.24) is 10.3 Å². The van der Waals surface area contributed by atoms with Crippen molar-refractivity contribution in [2.75, 3.05) is 20.3 Å². The van der Waals surface area contributed by atoms with E-state index in [1.807, 2.05) is 36.4 Å². The van der Waals surface area contributed by atoms with Crippen LogP contribution in [0.2, 0.25) is 0 Å². The van der Waals surface area contributed by atoms with Gasteiger partial charge in [0.05, 0.1) is 23.7 Å². The molecule has 1 aromatic heterocycles. The first-order chi connectivity index (χ1) is 13.7. The van der Waals surface area contributed by atoms with Gasteiger partial charge in [-0.3, -0.25) is 4.79 Å². The molecule has 1 aliphatic heterocycles. The number of ether oxygens (including phenoxy) is 2. The number of hydrogen-bond donors (Lipinski definition) is 1. The van der Waals surface area contributed by atoms with Crippen LogP contribution in [0.5, 0.6) is 11.5 Å². The van der Waals surface area contributed by atoms with Crippen molar-refractivity contribution in [3.63, 3.8) is 0 Å². The number of carbonyl (C=O) groups is 1. The Balaban J connectivity index is 1.30. The van der Waals surface area contributed by atoms with Gasteiger partial charge in [-0.15, -0.1) is 11.3 Å². The lowest BCUT2D eigenvalue weighted by Gasteiger charge is -2.25. The van der Waals surface area contributed by atoms with Gasteiger partial charge in [0, 0.05) is 23.9 Å². The van der Waals surface area contributed by atoms with Crippen LogP contribution in [0.1, 0.15) is 10.6 Å². The minimum Gasteiger partial charge on any atom is -0.493 e.